The molecule has 0 heterocycles. The Morgan fingerprint density at radius 3 is 2.80 bits per heavy atom. The van der Waals surface area contributed by atoms with Gasteiger partial charge < -0.3 is 9.84 Å². The second-order valence-electron chi connectivity index (χ2n) is 4.06. The van der Waals surface area contributed by atoms with Crippen LogP contribution in [0.5, 0.6) is 5.75 Å². The lowest BCUT2D eigenvalue weighted by Gasteiger charge is -2.18. The summed E-state index contributed by atoms with van der Waals surface area (Å²) in [5, 5.41) is 9.60. The van der Waals surface area contributed by atoms with Gasteiger partial charge in [-0.2, -0.15) is 0 Å². The number of aryl methyl sites for hydroxylation is 1. The molecular formula is C12H15FO2. The molecule has 0 bridgehead atoms. The molecule has 2 rings (SSSR count). The zero-order valence-electron chi connectivity index (χ0n) is 8.74. The summed E-state index contributed by atoms with van der Waals surface area (Å²) in [6.45, 7) is 1.81. The quantitative estimate of drug-likeness (QED) is 0.812. The van der Waals surface area contributed by atoms with Crippen LogP contribution in [0.3, 0.4) is 0 Å². The Morgan fingerprint density at radius 1 is 1.40 bits per heavy atom. The van der Waals surface area contributed by atoms with Crippen molar-refractivity contribution >= 4 is 0 Å². The minimum absolute atomic E-state index is 0.130. The predicted octanol–water partition coefficient (Wildman–Crippen LogP) is 2.43. The molecule has 1 saturated carbocycles. The summed E-state index contributed by atoms with van der Waals surface area (Å²) >= 11 is 0. The van der Waals surface area contributed by atoms with Crippen molar-refractivity contribution in [2.45, 2.75) is 38.4 Å². The van der Waals surface area contributed by atoms with Gasteiger partial charge in [0.25, 0.3) is 0 Å². The number of aliphatic hydroxyl groups is 1. The normalized spacial score (nSPS) is 25.5. The molecular weight excluding hydrogens is 195 g/mol. The SMILES string of the molecule is Cc1cc(F)ccc1O[C@@H]1CCC[C@H]1O. The highest BCUT2D eigenvalue weighted by Gasteiger charge is 2.27. The summed E-state index contributed by atoms with van der Waals surface area (Å²) in [4.78, 5) is 0. The van der Waals surface area contributed by atoms with Crippen LogP contribution in [0.2, 0.25) is 0 Å². The summed E-state index contributed by atoms with van der Waals surface area (Å²) < 4.78 is 18.5. The van der Waals surface area contributed by atoms with Crippen molar-refractivity contribution in [3.05, 3.63) is 29.6 Å². The van der Waals surface area contributed by atoms with Gasteiger partial charge in [0.05, 0.1) is 6.10 Å². The Morgan fingerprint density at radius 2 is 2.20 bits per heavy atom. The van der Waals surface area contributed by atoms with Crippen molar-refractivity contribution in [3.63, 3.8) is 0 Å². The van der Waals surface area contributed by atoms with Gasteiger partial charge >= 0.3 is 0 Å². The van der Waals surface area contributed by atoms with E-state index in [9.17, 15) is 9.50 Å². The zero-order chi connectivity index (χ0) is 10.8. The average molecular weight is 210 g/mol. The molecule has 2 nitrogen and oxygen atoms in total. The van der Waals surface area contributed by atoms with Crippen molar-refractivity contribution in [2.24, 2.45) is 0 Å². The smallest absolute Gasteiger partial charge is 0.124 e. The molecule has 0 spiro atoms. The van der Waals surface area contributed by atoms with Gasteiger partial charge in [-0.05, 0) is 49.9 Å². The van der Waals surface area contributed by atoms with Crippen LogP contribution in [0, 0.1) is 12.7 Å². The van der Waals surface area contributed by atoms with Crippen LogP contribution in [0.15, 0.2) is 18.2 Å². The zero-order valence-corrected chi connectivity index (χ0v) is 8.74. The second kappa shape index (κ2) is 4.19. The summed E-state index contributed by atoms with van der Waals surface area (Å²) in [5.74, 6) is 0.411. The maximum Gasteiger partial charge on any atom is 0.124 e. The van der Waals surface area contributed by atoms with Gasteiger partial charge in [0.1, 0.15) is 17.7 Å². The van der Waals surface area contributed by atoms with E-state index in [1.807, 2.05) is 0 Å². The first-order valence-corrected chi connectivity index (χ1v) is 5.27. The van der Waals surface area contributed by atoms with Crippen LogP contribution >= 0.6 is 0 Å². The second-order valence-corrected chi connectivity index (χ2v) is 4.06. The highest BCUT2D eigenvalue weighted by Crippen LogP contribution is 2.27. The van der Waals surface area contributed by atoms with Crippen molar-refractivity contribution in [3.8, 4) is 5.75 Å². The summed E-state index contributed by atoms with van der Waals surface area (Å²) in [7, 11) is 0. The van der Waals surface area contributed by atoms with Crippen LogP contribution in [0.1, 0.15) is 24.8 Å². The minimum Gasteiger partial charge on any atom is -0.487 e. The van der Waals surface area contributed by atoms with E-state index in [1.165, 1.54) is 12.1 Å². The first kappa shape index (κ1) is 10.4. The number of benzene rings is 1. The Bertz CT molecular complexity index is 351. The van der Waals surface area contributed by atoms with Crippen LogP contribution < -0.4 is 4.74 Å². The molecule has 1 N–H and O–H groups in total. The molecule has 1 aliphatic rings. The van der Waals surface area contributed by atoms with Gasteiger partial charge in [0.15, 0.2) is 0 Å². The number of rotatable bonds is 2. The Balaban J connectivity index is 2.10. The molecule has 0 amide bonds. The van der Waals surface area contributed by atoms with Gasteiger partial charge in [-0.25, -0.2) is 4.39 Å². The van der Waals surface area contributed by atoms with Crippen LogP contribution in [0.25, 0.3) is 0 Å². The number of hydrogen-bond donors (Lipinski definition) is 1. The lowest BCUT2D eigenvalue weighted by molar-refractivity contribution is 0.0599. The summed E-state index contributed by atoms with van der Waals surface area (Å²) in [6.07, 6.45) is 2.15. The molecule has 1 fully saturated rings. The van der Waals surface area contributed by atoms with E-state index in [4.69, 9.17) is 4.74 Å². The van der Waals surface area contributed by atoms with Gasteiger partial charge in [-0.3, -0.25) is 0 Å². The van der Waals surface area contributed by atoms with E-state index in [-0.39, 0.29) is 18.0 Å². The molecule has 1 aromatic carbocycles. The van der Waals surface area contributed by atoms with Crippen molar-refractivity contribution in [1.82, 2.24) is 0 Å². The molecule has 0 aliphatic heterocycles. The molecule has 2 atom stereocenters. The highest BCUT2D eigenvalue weighted by atomic mass is 19.1. The van der Waals surface area contributed by atoms with E-state index in [0.717, 1.165) is 24.8 Å². The third kappa shape index (κ3) is 2.29. The topological polar surface area (TPSA) is 29.5 Å². The molecule has 15 heavy (non-hydrogen) atoms. The van der Waals surface area contributed by atoms with Gasteiger partial charge in [0.2, 0.25) is 0 Å². The Kier molecular flexibility index (Phi) is 2.91. The lowest BCUT2D eigenvalue weighted by atomic mass is 10.2. The van der Waals surface area contributed by atoms with Crippen molar-refractivity contribution in [2.75, 3.05) is 0 Å². The molecule has 0 saturated heterocycles. The largest absolute Gasteiger partial charge is 0.487 e. The lowest BCUT2D eigenvalue weighted by Crippen LogP contribution is -2.25. The van der Waals surface area contributed by atoms with Crippen LogP contribution in [0.4, 0.5) is 4.39 Å². The fourth-order valence-corrected chi connectivity index (χ4v) is 1.95. The van der Waals surface area contributed by atoms with E-state index in [2.05, 4.69) is 0 Å². The van der Waals surface area contributed by atoms with E-state index >= 15 is 0 Å². The number of aliphatic hydroxyl groups excluding tert-OH is 1. The molecule has 3 heteroatoms. The number of halogens is 1. The fraction of sp³-hybridized carbons (Fsp3) is 0.500. The van der Waals surface area contributed by atoms with E-state index in [1.54, 1.807) is 13.0 Å². The van der Waals surface area contributed by atoms with E-state index in [0.29, 0.717) is 5.75 Å². The first-order chi connectivity index (χ1) is 7.16. The molecule has 1 aromatic rings. The fourth-order valence-electron chi connectivity index (χ4n) is 1.95. The van der Waals surface area contributed by atoms with E-state index < -0.39 is 0 Å². The molecule has 0 radical (unpaired) electrons. The van der Waals surface area contributed by atoms with Gasteiger partial charge in [0, 0.05) is 0 Å². The molecule has 1 aliphatic carbocycles. The van der Waals surface area contributed by atoms with Crippen LogP contribution in [-0.2, 0) is 0 Å². The van der Waals surface area contributed by atoms with Gasteiger partial charge in [-0.15, -0.1) is 0 Å². The summed E-state index contributed by atoms with van der Waals surface area (Å²) in [5.41, 5.74) is 0.772. The highest BCUT2D eigenvalue weighted by molar-refractivity contribution is 5.32. The third-order valence-corrected chi connectivity index (χ3v) is 2.83. The maximum atomic E-state index is 12.8. The summed E-state index contributed by atoms with van der Waals surface area (Å²) in [6, 6.07) is 4.44. The molecule has 0 unspecified atom stereocenters. The Hall–Kier alpha value is -1.09. The number of ether oxygens (including phenoxy) is 1. The average Bonchev–Trinajstić information content (AvgIpc) is 2.57. The Labute approximate surface area is 88.7 Å². The standard InChI is InChI=1S/C12H15FO2/c1-8-7-9(13)5-6-11(8)15-12-4-2-3-10(12)14/h5-7,10,12,14H,2-4H2,1H3/t10-,12-/m1/s1. The maximum absolute atomic E-state index is 12.8. The number of hydrogen-bond acceptors (Lipinski definition) is 2. The minimum atomic E-state index is -0.380. The van der Waals surface area contributed by atoms with Crippen LogP contribution in [-0.4, -0.2) is 17.3 Å². The van der Waals surface area contributed by atoms with Gasteiger partial charge in [-0.1, -0.05) is 0 Å². The van der Waals surface area contributed by atoms with Crippen molar-refractivity contribution in [1.29, 1.82) is 0 Å². The predicted molar refractivity (Wildman–Crippen MR) is 55.4 cm³/mol. The monoisotopic (exact) mass is 210 g/mol. The molecule has 82 valence electrons. The molecule has 0 aromatic heterocycles. The third-order valence-electron chi connectivity index (χ3n) is 2.83. The van der Waals surface area contributed by atoms with Crippen molar-refractivity contribution < 1.29 is 14.2 Å². The first-order valence-electron chi connectivity index (χ1n) is 5.27.